The van der Waals surface area contributed by atoms with Crippen molar-refractivity contribution in [1.82, 2.24) is 5.32 Å². The van der Waals surface area contributed by atoms with Gasteiger partial charge < -0.3 is 10.1 Å². The Labute approximate surface area is 119 Å². The average molecular weight is 277 g/mol. The van der Waals surface area contributed by atoms with Gasteiger partial charge in [0, 0.05) is 4.90 Å². The van der Waals surface area contributed by atoms with Crippen LogP contribution in [0, 0.1) is 11.8 Å². The SMILES string of the molecule is CC#CC(C)NC(=O)Sc1cccc(OC(C)C)c1. The maximum Gasteiger partial charge on any atom is 0.284 e. The van der Waals surface area contributed by atoms with Crippen molar-refractivity contribution in [2.24, 2.45) is 0 Å². The zero-order valence-electron chi connectivity index (χ0n) is 11.7. The Morgan fingerprint density at radius 2 is 2.11 bits per heavy atom. The van der Waals surface area contributed by atoms with Gasteiger partial charge in [-0.25, -0.2) is 0 Å². The van der Waals surface area contributed by atoms with Crippen LogP contribution in [0.2, 0.25) is 0 Å². The molecule has 0 saturated carbocycles. The van der Waals surface area contributed by atoms with Crippen molar-refractivity contribution >= 4 is 17.0 Å². The molecule has 4 heteroatoms. The van der Waals surface area contributed by atoms with E-state index in [9.17, 15) is 4.79 Å². The van der Waals surface area contributed by atoms with Crippen LogP contribution >= 0.6 is 11.8 Å². The van der Waals surface area contributed by atoms with Crippen LogP contribution in [0.25, 0.3) is 0 Å². The number of nitrogens with one attached hydrogen (secondary N) is 1. The maximum atomic E-state index is 11.8. The first-order chi connectivity index (χ1) is 9.01. The largest absolute Gasteiger partial charge is 0.491 e. The van der Waals surface area contributed by atoms with Gasteiger partial charge in [-0.3, -0.25) is 4.79 Å². The maximum absolute atomic E-state index is 11.8. The van der Waals surface area contributed by atoms with E-state index in [1.807, 2.05) is 45.0 Å². The first-order valence-corrected chi connectivity index (χ1v) is 7.00. The first kappa shape index (κ1) is 15.5. The van der Waals surface area contributed by atoms with Gasteiger partial charge in [0.25, 0.3) is 5.24 Å². The molecule has 0 heterocycles. The summed E-state index contributed by atoms with van der Waals surface area (Å²) in [5.41, 5.74) is 0. The van der Waals surface area contributed by atoms with E-state index in [-0.39, 0.29) is 17.4 Å². The molecular formula is C15H19NO2S. The van der Waals surface area contributed by atoms with Crippen LogP contribution in [0.1, 0.15) is 27.7 Å². The molecule has 1 N–H and O–H groups in total. The summed E-state index contributed by atoms with van der Waals surface area (Å²) < 4.78 is 5.59. The number of amides is 1. The van der Waals surface area contributed by atoms with E-state index in [2.05, 4.69) is 17.2 Å². The second kappa shape index (κ2) is 7.75. The van der Waals surface area contributed by atoms with E-state index in [1.54, 1.807) is 6.92 Å². The van der Waals surface area contributed by atoms with Gasteiger partial charge in [-0.15, -0.1) is 5.92 Å². The molecule has 1 rings (SSSR count). The molecule has 19 heavy (non-hydrogen) atoms. The Balaban J connectivity index is 2.60. The molecule has 0 spiro atoms. The van der Waals surface area contributed by atoms with Crippen molar-refractivity contribution in [3.05, 3.63) is 24.3 Å². The molecule has 102 valence electrons. The zero-order valence-corrected chi connectivity index (χ0v) is 12.5. The molecule has 1 aromatic carbocycles. The lowest BCUT2D eigenvalue weighted by molar-refractivity contribution is 0.242. The first-order valence-electron chi connectivity index (χ1n) is 6.18. The summed E-state index contributed by atoms with van der Waals surface area (Å²) >= 11 is 1.14. The lowest BCUT2D eigenvalue weighted by Crippen LogP contribution is -2.27. The minimum absolute atomic E-state index is 0.114. The minimum atomic E-state index is -0.139. The average Bonchev–Trinajstić information content (AvgIpc) is 2.28. The van der Waals surface area contributed by atoms with E-state index in [0.717, 1.165) is 22.4 Å². The quantitative estimate of drug-likeness (QED) is 0.674. The number of thioether (sulfide) groups is 1. The molecule has 0 saturated heterocycles. The Morgan fingerprint density at radius 1 is 1.37 bits per heavy atom. The second-order valence-electron chi connectivity index (χ2n) is 4.29. The molecule has 0 fully saturated rings. The lowest BCUT2D eigenvalue weighted by Gasteiger charge is -2.11. The molecule has 0 aliphatic carbocycles. The summed E-state index contributed by atoms with van der Waals surface area (Å²) in [6.07, 6.45) is 0.119. The summed E-state index contributed by atoms with van der Waals surface area (Å²) in [7, 11) is 0. The molecule has 0 aliphatic heterocycles. The van der Waals surface area contributed by atoms with Crippen molar-refractivity contribution < 1.29 is 9.53 Å². The Bertz CT molecular complexity index is 488. The molecule has 0 bridgehead atoms. The van der Waals surface area contributed by atoms with E-state index in [0.29, 0.717) is 0 Å². The smallest absolute Gasteiger partial charge is 0.284 e. The predicted molar refractivity (Wildman–Crippen MR) is 79.5 cm³/mol. The molecule has 3 nitrogen and oxygen atoms in total. The highest BCUT2D eigenvalue weighted by molar-refractivity contribution is 8.13. The third-order valence-corrected chi connectivity index (χ3v) is 2.88. The number of hydrogen-bond acceptors (Lipinski definition) is 3. The fourth-order valence-electron chi connectivity index (χ4n) is 1.45. The zero-order chi connectivity index (χ0) is 14.3. The number of ether oxygens (including phenoxy) is 1. The molecule has 1 aromatic rings. The van der Waals surface area contributed by atoms with E-state index in [1.165, 1.54) is 0 Å². The fraction of sp³-hybridized carbons (Fsp3) is 0.400. The third-order valence-electron chi connectivity index (χ3n) is 2.08. The number of carbonyl (C=O) groups is 1. The molecule has 1 unspecified atom stereocenters. The number of rotatable bonds is 4. The minimum Gasteiger partial charge on any atom is -0.491 e. The normalized spacial score (nSPS) is 11.4. The van der Waals surface area contributed by atoms with Gasteiger partial charge in [0.15, 0.2) is 0 Å². The van der Waals surface area contributed by atoms with Gasteiger partial charge in [0.2, 0.25) is 0 Å². The van der Waals surface area contributed by atoms with Crippen molar-refractivity contribution in [2.75, 3.05) is 0 Å². The number of benzene rings is 1. The summed E-state index contributed by atoms with van der Waals surface area (Å²) in [6, 6.07) is 7.36. The Kier molecular flexibility index (Phi) is 6.31. The predicted octanol–water partition coefficient (Wildman–Crippen LogP) is 3.69. The lowest BCUT2D eigenvalue weighted by atomic mass is 10.3. The van der Waals surface area contributed by atoms with Crippen LogP contribution in [0.4, 0.5) is 4.79 Å². The number of hydrogen-bond donors (Lipinski definition) is 1. The fourth-order valence-corrected chi connectivity index (χ4v) is 2.22. The van der Waals surface area contributed by atoms with Crippen molar-refractivity contribution in [3.8, 4) is 17.6 Å². The number of carbonyl (C=O) groups excluding carboxylic acids is 1. The second-order valence-corrected chi connectivity index (χ2v) is 5.34. The van der Waals surface area contributed by atoms with E-state index < -0.39 is 0 Å². The summed E-state index contributed by atoms with van der Waals surface area (Å²) in [5.74, 6) is 6.43. The van der Waals surface area contributed by atoms with Gasteiger partial charge in [0.05, 0.1) is 12.1 Å². The topological polar surface area (TPSA) is 38.3 Å². The molecule has 0 aromatic heterocycles. The van der Waals surface area contributed by atoms with E-state index in [4.69, 9.17) is 4.74 Å². The van der Waals surface area contributed by atoms with E-state index >= 15 is 0 Å². The van der Waals surface area contributed by atoms with Gasteiger partial charge >= 0.3 is 0 Å². The standard InChI is InChI=1S/C15H19NO2S/c1-5-7-12(4)16-15(17)19-14-9-6-8-13(10-14)18-11(2)3/h6,8-12H,1-4H3,(H,16,17). The molecule has 0 radical (unpaired) electrons. The van der Waals surface area contributed by atoms with Crippen molar-refractivity contribution in [2.45, 2.75) is 44.7 Å². The third kappa shape index (κ3) is 6.21. The van der Waals surface area contributed by atoms with Crippen molar-refractivity contribution in [3.63, 3.8) is 0 Å². The van der Waals surface area contributed by atoms with Crippen LogP contribution in [0.15, 0.2) is 29.2 Å². The Hall–Kier alpha value is -1.60. The van der Waals surface area contributed by atoms with Crippen LogP contribution in [0.3, 0.4) is 0 Å². The van der Waals surface area contributed by atoms with Gasteiger partial charge in [-0.05, 0) is 57.7 Å². The monoisotopic (exact) mass is 277 g/mol. The highest BCUT2D eigenvalue weighted by Crippen LogP contribution is 2.24. The van der Waals surface area contributed by atoms with Gasteiger partial charge in [-0.1, -0.05) is 12.0 Å². The molecule has 0 aliphatic rings. The van der Waals surface area contributed by atoms with Gasteiger partial charge in [0.1, 0.15) is 5.75 Å². The van der Waals surface area contributed by atoms with Crippen molar-refractivity contribution in [1.29, 1.82) is 0 Å². The van der Waals surface area contributed by atoms with Crippen LogP contribution < -0.4 is 10.1 Å². The van der Waals surface area contributed by atoms with Crippen LogP contribution in [-0.2, 0) is 0 Å². The highest BCUT2D eigenvalue weighted by atomic mass is 32.2. The highest BCUT2D eigenvalue weighted by Gasteiger charge is 2.08. The Morgan fingerprint density at radius 3 is 2.74 bits per heavy atom. The molecular weight excluding hydrogens is 258 g/mol. The van der Waals surface area contributed by atoms with Crippen LogP contribution in [-0.4, -0.2) is 17.4 Å². The van der Waals surface area contributed by atoms with Gasteiger partial charge in [-0.2, -0.15) is 0 Å². The summed E-state index contributed by atoms with van der Waals surface area (Å²) in [5, 5.41) is 2.69. The summed E-state index contributed by atoms with van der Waals surface area (Å²) in [4.78, 5) is 12.6. The summed E-state index contributed by atoms with van der Waals surface area (Å²) in [6.45, 7) is 7.55. The van der Waals surface area contributed by atoms with Crippen LogP contribution in [0.5, 0.6) is 5.75 Å². The molecule has 1 amide bonds. The molecule has 1 atom stereocenters.